The molecule has 1 atom stereocenters. The quantitative estimate of drug-likeness (QED) is 0.853. The lowest BCUT2D eigenvalue weighted by Gasteiger charge is -2.12. The van der Waals surface area contributed by atoms with Gasteiger partial charge in [0.2, 0.25) is 0 Å². The number of carbonyl (C=O) groups is 1. The van der Waals surface area contributed by atoms with Crippen LogP contribution in [0.25, 0.3) is 0 Å². The Labute approximate surface area is 98.4 Å². The van der Waals surface area contributed by atoms with E-state index in [1.165, 1.54) is 7.11 Å². The number of ether oxygens (including phenoxy) is 1. The molecule has 0 aliphatic rings. The van der Waals surface area contributed by atoms with E-state index in [1.807, 2.05) is 0 Å². The molecule has 0 saturated heterocycles. The third-order valence-electron chi connectivity index (χ3n) is 2.32. The number of phenols is 1. The highest BCUT2D eigenvalue weighted by Crippen LogP contribution is 2.37. The van der Waals surface area contributed by atoms with Crippen molar-refractivity contribution < 1.29 is 19.7 Å². The first kappa shape index (κ1) is 12.6. The number of carboxylic acids is 1. The monoisotopic (exact) mass is 244 g/mol. The molecule has 0 heterocycles. The molecule has 0 aliphatic carbocycles. The Bertz CT molecular complexity index is 403. The molecule has 1 unspecified atom stereocenters. The van der Waals surface area contributed by atoms with Gasteiger partial charge in [0.25, 0.3) is 0 Å². The summed E-state index contributed by atoms with van der Waals surface area (Å²) < 4.78 is 4.93. The summed E-state index contributed by atoms with van der Waals surface area (Å²) in [5, 5.41) is 18.9. The van der Waals surface area contributed by atoms with Gasteiger partial charge in [0.1, 0.15) is 0 Å². The van der Waals surface area contributed by atoms with Crippen LogP contribution in [0.3, 0.4) is 0 Å². The Balaban J connectivity index is 3.02. The molecular weight excluding hydrogens is 232 g/mol. The van der Waals surface area contributed by atoms with Gasteiger partial charge in [0.05, 0.1) is 18.1 Å². The fourth-order valence-electron chi connectivity index (χ4n) is 1.36. The topological polar surface area (TPSA) is 66.8 Å². The molecule has 0 aliphatic heterocycles. The van der Waals surface area contributed by atoms with Crippen LogP contribution in [-0.2, 0) is 11.2 Å². The maximum Gasteiger partial charge on any atom is 0.306 e. The van der Waals surface area contributed by atoms with Crippen LogP contribution >= 0.6 is 11.6 Å². The van der Waals surface area contributed by atoms with Gasteiger partial charge in [0, 0.05) is 0 Å². The van der Waals surface area contributed by atoms with Crippen LogP contribution < -0.4 is 4.74 Å². The van der Waals surface area contributed by atoms with E-state index in [4.69, 9.17) is 21.4 Å². The molecule has 4 nitrogen and oxygen atoms in total. The molecule has 0 spiro atoms. The van der Waals surface area contributed by atoms with E-state index in [0.717, 1.165) is 0 Å². The number of aliphatic carboxylic acids is 1. The number of halogens is 1. The van der Waals surface area contributed by atoms with Crippen molar-refractivity contribution in [2.75, 3.05) is 7.11 Å². The highest BCUT2D eigenvalue weighted by atomic mass is 35.5. The minimum absolute atomic E-state index is 0.0944. The predicted molar refractivity (Wildman–Crippen MR) is 60.2 cm³/mol. The summed E-state index contributed by atoms with van der Waals surface area (Å²) in [5.41, 5.74) is 0.510. The molecule has 1 rings (SSSR count). The lowest BCUT2D eigenvalue weighted by molar-refractivity contribution is -0.141. The summed E-state index contributed by atoms with van der Waals surface area (Å²) in [7, 11) is 1.39. The number of methoxy groups -OCH3 is 1. The second kappa shape index (κ2) is 5.07. The van der Waals surface area contributed by atoms with E-state index in [1.54, 1.807) is 19.1 Å². The van der Waals surface area contributed by atoms with E-state index < -0.39 is 11.9 Å². The normalized spacial score (nSPS) is 12.2. The predicted octanol–water partition coefficient (Wildman–Crippen LogP) is 2.32. The van der Waals surface area contributed by atoms with E-state index >= 15 is 0 Å². The van der Waals surface area contributed by atoms with Gasteiger partial charge in [0.15, 0.2) is 11.5 Å². The fraction of sp³-hybridized carbons (Fsp3) is 0.364. The van der Waals surface area contributed by atoms with E-state index in [-0.39, 0.29) is 17.9 Å². The molecule has 0 saturated carbocycles. The van der Waals surface area contributed by atoms with Crippen molar-refractivity contribution >= 4 is 17.6 Å². The zero-order valence-corrected chi connectivity index (χ0v) is 9.78. The Hall–Kier alpha value is -1.42. The highest BCUT2D eigenvalue weighted by molar-refractivity contribution is 6.32. The minimum Gasteiger partial charge on any atom is -0.504 e. The Morgan fingerprint density at radius 2 is 2.19 bits per heavy atom. The first-order chi connectivity index (χ1) is 7.47. The molecule has 0 radical (unpaired) electrons. The van der Waals surface area contributed by atoms with Gasteiger partial charge in [-0.05, 0) is 18.1 Å². The average Bonchev–Trinajstić information content (AvgIpc) is 2.22. The summed E-state index contributed by atoms with van der Waals surface area (Å²) in [6.07, 6.45) is 0.231. The first-order valence-corrected chi connectivity index (χ1v) is 5.12. The number of benzene rings is 1. The third kappa shape index (κ3) is 2.58. The van der Waals surface area contributed by atoms with Crippen LogP contribution in [0.2, 0.25) is 5.02 Å². The molecule has 16 heavy (non-hydrogen) atoms. The summed E-state index contributed by atoms with van der Waals surface area (Å²) in [6.45, 7) is 1.57. The molecule has 88 valence electrons. The Morgan fingerprint density at radius 1 is 1.56 bits per heavy atom. The molecule has 5 heteroatoms. The summed E-state index contributed by atoms with van der Waals surface area (Å²) >= 11 is 5.80. The molecule has 2 N–H and O–H groups in total. The van der Waals surface area contributed by atoms with Gasteiger partial charge in [-0.2, -0.15) is 0 Å². The Kier molecular flexibility index (Phi) is 4.01. The molecule has 1 aromatic rings. The maximum absolute atomic E-state index is 10.7. The van der Waals surface area contributed by atoms with Gasteiger partial charge in [-0.1, -0.05) is 24.6 Å². The maximum atomic E-state index is 10.7. The van der Waals surface area contributed by atoms with Crippen LogP contribution in [0, 0.1) is 5.92 Å². The fourth-order valence-corrected chi connectivity index (χ4v) is 1.59. The first-order valence-electron chi connectivity index (χ1n) is 4.74. The van der Waals surface area contributed by atoms with Crippen LogP contribution in [0.5, 0.6) is 11.5 Å². The van der Waals surface area contributed by atoms with Crippen LogP contribution in [0.1, 0.15) is 12.5 Å². The largest absolute Gasteiger partial charge is 0.504 e. The number of hydrogen-bond acceptors (Lipinski definition) is 3. The summed E-state index contributed by atoms with van der Waals surface area (Å²) in [4.78, 5) is 10.7. The van der Waals surface area contributed by atoms with Crippen molar-refractivity contribution in [1.29, 1.82) is 0 Å². The third-order valence-corrected chi connectivity index (χ3v) is 2.62. The van der Waals surface area contributed by atoms with Crippen molar-refractivity contribution in [2.45, 2.75) is 13.3 Å². The number of hydrogen-bond donors (Lipinski definition) is 2. The van der Waals surface area contributed by atoms with E-state index in [9.17, 15) is 9.90 Å². The van der Waals surface area contributed by atoms with Crippen molar-refractivity contribution in [2.24, 2.45) is 5.92 Å². The number of carboxylic acid groups (broad SMARTS) is 1. The van der Waals surface area contributed by atoms with Gasteiger partial charge in [-0.25, -0.2) is 0 Å². The van der Waals surface area contributed by atoms with Crippen molar-refractivity contribution in [3.05, 3.63) is 22.7 Å². The van der Waals surface area contributed by atoms with Gasteiger partial charge >= 0.3 is 5.97 Å². The van der Waals surface area contributed by atoms with Gasteiger partial charge in [-0.3, -0.25) is 4.79 Å². The Morgan fingerprint density at radius 3 is 2.69 bits per heavy atom. The summed E-state index contributed by atoms with van der Waals surface area (Å²) in [5.74, 6) is -1.40. The smallest absolute Gasteiger partial charge is 0.306 e. The molecule has 0 bridgehead atoms. The van der Waals surface area contributed by atoms with Crippen LogP contribution in [0.4, 0.5) is 0 Å². The van der Waals surface area contributed by atoms with E-state index in [0.29, 0.717) is 10.6 Å². The van der Waals surface area contributed by atoms with Crippen molar-refractivity contribution in [3.63, 3.8) is 0 Å². The number of aromatic hydroxyl groups is 1. The lowest BCUT2D eigenvalue weighted by atomic mass is 10.0. The number of phenolic OH excluding ortho intramolecular Hbond substituents is 1. The van der Waals surface area contributed by atoms with Crippen LogP contribution in [-0.4, -0.2) is 23.3 Å². The van der Waals surface area contributed by atoms with E-state index in [2.05, 4.69) is 0 Å². The van der Waals surface area contributed by atoms with Crippen molar-refractivity contribution in [3.8, 4) is 11.5 Å². The standard InChI is InChI=1S/C11H13ClO4/c1-6(11(14)15)5-7-3-4-8(12)10(16-2)9(7)13/h3-4,6,13H,5H2,1-2H3,(H,14,15). The SMILES string of the molecule is COc1c(Cl)ccc(CC(C)C(=O)O)c1O. The molecule has 0 amide bonds. The number of rotatable bonds is 4. The zero-order valence-electron chi connectivity index (χ0n) is 9.03. The molecular formula is C11H13ClO4. The summed E-state index contributed by atoms with van der Waals surface area (Å²) in [6, 6.07) is 3.17. The van der Waals surface area contributed by atoms with Gasteiger partial charge in [-0.15, -0.1) is 0 Å². The molecule has 1 aromatic carbocycles. The average molecular weight is 245 g/mol. The zero-order chi connectivity index (χ0) is 12.3. The second-order valence-corrected chi connectivity index (χ2v) is 3.94. The highest BCUT2D eigenvalue weighted by Gasteiger charge is 2.17. The van der Waals surface area contributed by atoms with Gasteiger partial charge < -0.3 is 14.9 Å². The van der Waals surface area contributed by atoms with Crippen LogP contribution in [0.15, 0.2) is 12.1 Å². The van der Waals surface area contributed by atoms with Crippen molar-refractivity contribution in [1.82, 2.24) is 0 Å². The molecule has 0 fully saturated rings. The second-order valence-electron chi connectivity index (χ2n) is 3.53. The lowest BCUT2D eigenvalue weighted by Crippen LogP contribution is -2.12. The minimum atomic E-state index is -0.909. The molecule has 0 aromatic heterocycles.